The van der Waals surface area contributed by atoms with Crippen molar-refractivity contribution in [3.63, 3.8) is 0 Å². The second kappa shape index (κ2) is 8.00. The molecular formula is C22H22N4O2. The molecule has 0 radical (unpaired) electrons. The lowest BCUT2D eigenvalue weighted by molar-refractivity contribution is 0.101. The van der Waals surface area contributed by atoms with E-state index in [-0.39, 0.29) is 17.4 Å². The summed E-state index contributed by atoms with van der Waals surface area (Å²) < 4.78 is 0. The van der Waals surface area contributed by atoms with Crippen molar-refractivity contribution in [2.24, 2.45) is 0 Å². The molecule has 0 saturated carbocycles. The molecule has 142 valence electrons. The van der Waals surface area contributed by atoms with Crippen LogP contribution in [-0.2, 0) is 0 Å². The van der Waals surface area contributed by atoms with Crippen molar-refractivity contribution in [2.45, 2.75) is 27.7 Å². The highest BCUT2D eigenvalue weighted by Gasteiger charge is 2.12. The van der Waals surface area contributed by atoms with Crippen LogP contribution >= 0.6 is 0 Å². The molecule has 0 aliphatic rings. The molecule has 0 aliphatic heterocycles. The van der Waals surface area contributed by atoms with E-state index in [1.165, 1.54) is 6.92 Å². The van der Waals surface area contributed by atoms with Crippen molar-refractivity contribution < 1.29 is 9.59 Å². The normalized spacial score (nSPS) is 10.4. The number of amides is 1. The van der Waals surface area contributed by atoms with E-state index in [2.05, 4.69) is 20.6 Å². The highest BCUT2D eigenvalue weighted by molar-refractivity contribution is 6.03. The number of carbonyl (C=O) groups is 2. The number of carbonyl (C=O) groups excluding carboxylic acids is 2. The first-order chi connectivity index (χ1) is 13.3. The topological polar surface area (TPSA) is 84.0 Å². The van der Waals surface area contributed by atoms with Crippen LogP contribution in [0.1, 0.15) is 44.7 Å². The van der Waals surface area contributed by atoms with Gasteiger partial charge in [-0.2, -0.15) is 0 Å². The van der Waals surface area contributed by atoms with E-state index in [0.717, 1.165) is 16.8 Å². The van der Waals surface area contributed by atoms with Gasteiger partial charge in [0.1, 0.15) is 17.3 Å². The number of hydrogen-bond acceptors (Lipinski definition) is 5. The summed E-state index contributed by atoms with van der Waals surface area (Å²) >= 11 is 0. The minimum absolute atomic E-state index is 0.0176. The first-order valence-electron chi connectivity index (χ1n) is 8.93. The highest BCUT2D eigenvalue weighted by atomic mass is 16.2. The Morgan fingerprint density at radius 2 is 1.57 bits per heavy atom. The number of hydrogen-bond donors (Lipinski definition) is 2. The van der Waals surface area contributed by atoms with Gasteiger partial charge in [-0.1, -0.05) is 18.2 Å². The third kappa shape index (κ3) is 4.79. The molecule has 0 bridgehead atoms. The van der Waals surface area contributed by atoms with E-state index in [9.17, 15) is 9.59 Å². The van der Waals surface area contributed by atoms with Gasteiger partial charge in [-0.15, -0.1) is 0 Å². The molecule has 1 aromatic heterocycles. The van der Waals surface area contributed by atoms with Gasteiger partial charge in [0.25, 0.3) is 5.91 Å². The van der Waals surface area contributed by atoms with Gasteiger partial charge >= 0.3 is 0 Å². The average Bonchev–Trinajstić information content (AvgIpc) is 2.60. The van der Waals surface area contributed by atoms with Crippen LogP contribution in [0.25, 0.3) is 0 Å². The van der Waals surface area contributed by atoms with E-state index in [1.54, 1.807) is 31.2 Å². The maximum atomic E-state index is 12.7. The SMILES string of the molecule is CC(=O)c1cccc(Nc2cc(C(=O)Nc3cc(C)cc(C)c3)nc(C)n2)c1. The number of Topliss-reactive ketones (excluding diaryl/α,β-unsaturated/α-hetero) is 1. The van der Waals surface area contributed by atoms with Crippen molar-refractivity contribution in [3.05, 3.63) is 76.7 Å². The largest absolute Gasteiger partial charge is 0.340 e. The molecule has 28 heavy (non-hydrogen) atoms. The summed E-state index contributed by atoms with van der Waals surface area (Å²) in [4.78, 5) is 32.8. The van der Waals surface area contributed by atoms with Crippen LogP contribution in [0.4, 0.5) is 17.2 Å². The summed E-state index contributed by atoms with van der Waals surface area (Å²) in [5, 5.41) is 6.01. The summed E-state index contributed by atoms with van der Waals surface area (Å²) in [6, 6.07) is 14.6. The van der Waals surface area contributed by atoms with Gasteiger partial charge in [0, 0.05) is 23.0 Å². The summed E-state index contributed by atoms with van der Waals surface area (Å²) in [5.74, 6) is 0.629. The predicted molar refractivity (Wildman–Crippen MR) is 110 cm³/mol. The molecule has 2 N–H and O–H groups in total. The van der Waals surface area contributed by atoms with Gasteiger partial charge in [-0.3, -0.25) is 9.59 Å². The quantitative estimate of drug-likeness (QED) is 0.638. The van der Waals surface area contributed by atoms with E-state index in [4.69, 9.17) is 0 Å². The number of rotatable bonds is 5. The minimum Gasteiger partial charge on any atom is -0.340 e. The monoisotopic (exact) mass is 374 g/mol. The lowest BCUT2D eigenvalue weighted by atomic mass is 10.1. The Morgan fingerprint density at radius 3 is 2.25 bits per heavy atom. The fourth-order valence-electron chi connectivity index (χ4n) is 2.95. The van der Waals surface area contributed by atoms with Crippen molar-refractivity contribution in [1.82, 2.24) is 9.97 Å². The number of nitrogens with one attached hydrogen (secondary N) is 2. The van der Waals surface area contributed by atoms with E-state index >= 15 is 0 Å². The molecule has 1 heterocycles. The Labute approximate surface area is 164 Å². The maximum absolute atomic E-state index is 12.7. The molecule has 0 unspecified atom stereocenters. The van der Waals surface area contributed by atoms with Crippen LogP contribution < -0.4 is 10.6 Å². The van der Waals surface area contributed by atoms with E-state index in [1.807, 2.05) is 38.1 Å². The number of aromatic nitrogens is 2. The summed E-state index contributed by atoms with van der Waals surface area (Å²) in [6.45, 7) is 7.21. The number of anilines is 3. The first-order valence-corrected chi connectivity index (χ1v) is 8.93. The van der Waals surface area contributed by atoms with Crippen LogP contribution in [0.15, 0.2) is 48.5 Å². The van der Waals surface area contributed by atoms with Gasteiger partial charge in [-0.25, -0.2) is 9.97 Å². The summed E-state index contributed by atoms with van der Waals surface area (Å²) in [7, 11) is 0. The fourth-order valence-corrected chi connectivity index (χ4v) is 2.95. The lowest BCUT2D eigenvalue weighted by Gasteiger charge is -2.10. The summed E-state index contributed by atoms with van der Waals surface area (Å²) in [5.41, 5.74) is 4.44. The van der Waals surface area contributed by atoms with Crippen molar-refractivity contribution in [1.29, 1.82) is 0 Å². The van der Waals surface area contributed by atoms with Crippen molar-refractivity contribution in [3.8, 4) is 0 Å². The average molecular weight is 374 g/mol. The number of benzene rings is 2. The minimum atomic E-state index is -0.309. The van der Waals surface area contributed by atoms with Gasteiger partial charge in [-0.05, 0) is 63.1 Å². The highest BCUT2D eigenvalue weighted by Crippen LogP contribution is 2.19. The maximum Gasteiger partial charge on any atom is 0.274 e. The van der Waals surface area contributed by atoms with Gasteiger partial charge in [0.15, 0.2) is 5.78 Å². The molecule has 0 saturated heterocycles. The van der Waals surface area contributed by atoms with Gasteiger partial charge in [0.05, 0.1) is 0 Å². The first kappa shape index (κ1) is 19.2. The molecular weight excluding hydrogens is 352 g/mol. The van der Waals surface area contributed by atoms with Crippen molar-refractivity contribution in [2.75, 3.05) is 10.6 Å². The van der Waals surface area contributed by atoms with Crippen LogP contribution in [0, 0.1) is 20.8 Å². The zero-order valence-corrected chi connectivity index (χ0v) is 16.3. The number of aryl methyl sites for hydroxylation is 3. The molecule has 0 spiro atoms. The molecule has 2 aromatic carbocycles. The standard InChI is InChI=1S/C22H22N4O2/c1-13-8-14(2)10-19(9-13)26-22(28)20-12-21(24-16(4)23-20)25-18-7-5-6-17(11-18)15(3)27/h5-12H,1-4H3,(H,26,28)(H,23,24,25). The predicted octanol–water partition coefficient (Wildman–Crippen LogP) is 4.60. The second-order valence-electron chi connectivity index (χ2n) is 6.78. The third-order valence-electron chi connectivity index (χ3n) is 4.09. The number of ketones is 1. The third-order valence-corrected chi connectivity index (χ3v) is 4.09. The molecule has 6 nitrogen and oxygen atoms in total. The van der Waals surface area contributed by atoms with E-state index in [0.29, 0.717) is 22.9 Å². The van der Waals surface area contributed by atoms with Crippen LogP contribution in [0.5, 0.6) is 0 Å². The van der Waals surface area contributed by atoms with E-state index < -0.39 is 0 Å². The van der Waals surface area contributed by atoms with Crippen LogP contribution in [0.3, 0.4) is 0 Å². The summed E-state index contributed by atoms with van der Waals surface area (Å²) in [6.07, 6.45) is 0. The molecule has 0 fully saturated rings. The zero-order chi connectivity index (χ0) is 20.3. The fraction of sp³-hybridized carbons (Fsp3) is 0.182. The van der Waals surface area contributed by atoms with Gasteiger partial charge in [0.2, 0.25) is 0 Å². The lowest BCUT2D eigenvalue weighted by Crippen LogP contribution is -2.15. The van der Waals surface area contributed by atoms with Crippen LogP contribution in [0.2, 0.25) is 0 Å². The molecule has 1 amide bonds. The Kier molecular flexibility index (Phi) is 5.49. The molecule has 3 rings (SSSR count). The molecule has 0 aliphatic carbocycles. The number of nitrogens with zero attached hydrogens (tertiary/aromatic N) is 2. The Hall–Kier alpha value is -3.54. The van der Waals surface area contributed by atoms with Crippen molar-refractivity contribution >= 4 is 28.9 Å². The molecule has 3 aromatic rings. The van der Waals surface area contributed by atoms with Gasteiger partial charge < -0.3 is 10.6 Å². The van der Waals surface area contributed by atoms with Crippen LogP contribution in [-0.4, -0.2) is 21.7 Å². The molecule has 0 atom stereocenters. The Morgan fingerprint density at radius 1 is 0.857 bits per heavy atom. The Bertz CT molecular complexity index is 1040. The smallest absolute Gasteiger partial charge is 0.274 e. The second-order valence-corrected chi connectivity index (χ2v) is 6.78. The zero-order valence-electron chi connectivity index (χ0n) is 16.3. The Balaban J connectivity index is 1.83. The molecule has 6 heteroatoms.